The van der Waals surface area contributed by atoms with Gasteiger partial charge in [-0.1, -0.05) is 11.3 Å². The van der Waals surface area contributed by atoms with Gasteiger partial charge in [0.25, 0.3) is 0 Å². The van der Waals surface area contributed by atoms with Crippen LogP contribution in [0.3, 0.4) is 0 Å². The van der Waals surface area contributed by atoms with Gasteiger partial charge >= 0.3 is 0 Å². The molecule has 6 heteroatoms. The fraction of sp³-hybridized carbons (Fsp3) is 0.0769. The molecule has 3 aromatic rings. The number of hydrogen-bond donors (Lipinski definition) is 1. The molecule has 0 radical (unpaired) electrons. The average molecular weight is 274 g/mol. The van der Waals surface area contributed by atoms with Gasteiger partial charge in [0.1, 0.15) is 22.0 Å². The first kappa shape index (κ1) is 11.9. The molecule has 4 nitrogen and oxygen atoms in total. The van der Waals surface area contributed by atoms with Crippen LogP contribution in [0.4, 0.5) is 21.0 Å². The van der Waals surface area contributed by atoms with E-state index in [0.717, 1.165) is 21.9 Å². The number of aromatic nitrogens is 2. The fourth-order valence-electron chi connectivity index (χ4n) is 1.81. The molecule has 0 saturated heterocycles. The monoisotopic (exact) mass is 274 g/mol. The van der Waals surface area contributed by atoms with Crippen molar-refractivity contribution in [3.63, 3.8) is 0 Å². The predicted octanol–water partition coefficient (Wildman–Crippen LogP) is 3.18. The van der Waals surface area contributed by atoms with E-state index in [-0.39, 0.29) is 5.82 Å². The Morgan fingerprint density at radius 1 is 1.11 bits per heavy atom. The summed E-state index contributed by atoms with van der Waals surface area (Å²) >= 11 is 1.35. The fourth-order valence-corrected chi connectivity index (χ4v) is 2.51. The molecule has 0 aliphatic rings. The lowest BCUT2D eigenvalue weighted by molar-refractivity contribution is 0.628. The minimum atomic E-state index is -0.254. The van der Waals surface area contributed by atoms with Gasteiger partial charge in [0.15, 0.2) is 5.13 Å². The Hall–Kier alpha value is -2.21. The number of hydrogen-bond acceptors (Lipinski definition) is 5. The van der Waals surface area contributed by atoms with Gasteiger partial charge in [0.05, 0.1) is 0 Å². The first-order valence-corrected chi connectivity index (χ1v) is 6.47. The number of fused-ring (bicyclic) bond motifs is 1. The molecule has 2 N–H and O–H groups in total. The lowest BCUT2D eigenvalue weighted by Crippen LogP contribution is -2.10. The second-order valence-corrected chi connectivity index (χ2v) is 5.09. The van der Waals surface area contributed by atoms with Gasteiger partial charge in [-0.05, 0) is 36.4 Å². The molecule has 96 valence electrons. The zero-order valence-electron chi connectivity index (χ0n) is 10.2. The highest BCUT2D eigenvalue weighted by molar-refractivity contribution is 7.21. The lowest BCUT2D eigenvalue weighted by atomic mass is 10.3. The molecule has 0 aliphatic heterocycles. The largest absolute Gasteiger partial charge is 0.375 e. The Morgan fingerprint density at radius 3 is 2.58 bits per heavy atom. The summed E-state index contributed by atoms with van der Waals surface area (Å²) in [6.45, 7) is 0. The summed E-state index contributed by atoms with van der Waals surface area (Å²) in [7, 11) is 1.88. The van der Waals surface area contributed by atoms with Gasteiger partial charge in [-0.3, -0.25) is 0 Å². The number of pyridine rings is 1. The van der Waals surface area contributed by atoms with Gasteiger partial charge in [0, 0.05) is 12.7 Å². The second-order valence-electron chi connectivity index (χ2n) is 4.08. The van der Waals surface area contributed by atoms with Crippen molar-refractivity contribution in [3.05, 3.63) is 42.2 Å². The minimum Gasteiger partial charge on any atom is -0.375 e. The van der Waals surface area contributed by atoms with Crippen molar-refractivity contribution in [2.75, 3.05) is 17.7 Å². The van der Waals surface area contributed by atoms with Crippen LogP contribution in [0.1, 0.15) is 0 Å². The van der Waals surface area contributed by atoms with Crippen LogP contribution in [-0.2, 0) is 0 Å². The molecule has 0 amide bonds. The third-order valence-corrected chi connectivity index (χ3v) is 3.61. The number of nitrogen functional groups attached to an aromatic ring is 1. The molecular formula is C13H11FN4S. The first-order valence-electron chi connectivity index (χ1n) is 5.66. The van der Waals surface area contributed by atoms with Crippen LogP contribution >= 0.6 is 11.3 Å². The van der Waals surface area contributed by atoms with E-state index in [1.807, 2.05) is 24.1 Å². The maximum atomic E-state index is 12.9. The summed E-state index contributed by atoms with van der Waals surface area (Å²) in [4.78, 5) is 11.3. The third kappa shape index (κ3) is 2.22. The van der Waals surface area contributed by atoms with Crippen molar-refractivity contribution in [2.24, 2.45) is 0 Å². The van der Waals surface area contributed by atoms with Crippen molar-refractivity contribution >= 4 is 38.3 Å². The quantitative estimate of drug-likeness (QED) is 0.779. The molecule has 3 rings (SSSR count). The Labute approximate surface area is 113 Å². The summed E-state index contributed by atoms with van der Waals surface area (Å²) in [5, 5.41) is 0.504. The number of nitrogens with zero attached hydrogens (tertiary/aromatic N) is 3. The second kappa shape index (κ2) is 4.47. The van der Waals surface area contributed by atoms with E-state index in [1.54, 1.807) is 12.1 Å². The van der Waals surface area contributed by atoms with E-state index in [9.17, 15) is 4.39 Å². The number of rotatable bonds is 2. The van der Waals surface area contributed by atoms with E-state index in [2.05, 4.69) is 9.97 Å². The molecule has 0 saturated carbocycles. The molecule has 0 fully saturated rings. The molecular weight excluding hydrogens is 263 g/mol. The average Bonchev–Trinajstić information content (AvgIpc) is 2.77. The number of nitrogens with two attached hydrogens (primary N) is 1. The smallest absolute Gasteiger partial charge is 0.182 e. The Bertz CT molecular complexity index is 723. The maximum Gasteiger partial charge on any atom is 0.182 e. The highest BCUT2D eigenvalue weighted by atomic mass is 32.1. The zero-order valence-corrected chi connectivity index (χ0v) is 11.0. The zero-order chi connectivity index (χ0) is 13.4. The van der Waals surface area contributed by atoms with E-state index in [0.29, 0.717) is 5.13 Å². The Balaban J connectivity index is 2.00. The molecule has 2 heterocycles. The number of halogens is 1. The maximum absolute atomic E-state index is 12.9. The summed E-state index contributed by atoms with van der Waals surface area (Å²) < 4.78 is 12.9. The highest BCUT2D eigenvalue weighted by Crippen LogP contribution is 2.27. The standard InChI is InChI=1S/C13H11FN4S/c1-18(9-4-2-8(14)3-5-9)11-7-6-10-12(17-11)19-13(15)16-10/h2-7H,1H3,(H2,15,16). The molecule has 19 heavy (non-hydrogen) atoms. The van der Waals surface area contributed by atoms with Gasteiger partial charge in [-0.2, -0.15) is 0 Å². The number of thiazole rings is 1. The van der Waals surface area contributed by atoms with E-state index < -0.39 is 0 Å². The summed E-state index contributed by atoms with van der Waals surface area (Å²) in [6.07, 6.45) is 0. The minimum absolute atomic E-state index is 0.254. The predicted molar refractivity (Wildman–Crippen MR) is 76.3 cm³/mol. The van der Waals surface area contributed by atoms with Crippen LogP contribution in [0.2, 0.25) is 0 Å². The van der Waals surface area contributed by atoms with Crippen molar-refractivity contribution in [1.29, 1.82) is 0 Å². The van der Waals surface area contributed by atoms with E-state index in [4.69, 9.17) is 5.73 Å². The van der Waals surface area contributed by atoms with Crippen molar-refractivity contribution in [2.45, 2.75) is 0 Å². The number of anilines is 3. The van der Waals surface area contributed by atoms with Crippen molar-refractivity contribution in [1.82, 2.24) is 9.97 Å². The lowest BCUT2D eigenvalue weighted by Gasteiger charge is -2.17. The summed E-state index contributed by atoms with van der Waals surface area (Å²) in [6, 6.07) is 10.0. The summed E-state index contributed by atoms with van der Waals surface area (Å²) in [5.41, 5.74) is 7.31. The van der Waals surface area contributed by atoms with Gasteiger partial charge in [-0.15, -0.1) is 0 Å². The summed E-state index contributed by atoms with van der Waals surface area (Å²) in [5.74, 6) is 0.513. The molecule has 0 aliphatic carbocycles. The van der Waals surface area contributed by atoms with Crippen LogP contribution in [0.15, 0.2) is 36.4 Å². The van der Waals surface area contributed by atoms with Crippen LogP contribution in [0, 0.1) is 5.82 Å². The van der Waals surface area contributed by atoms with E-state index in [1.165, 1.54) is 23.5 Å². The first-order chi connectivity index (χ1) is 9.13. The van der Waals surface area contributed by atoms with E-state index >= 15 is 0 Å². The molecule has 0 unspecified atom stereocenters. The number of benzene rings is 1. The molecule has 2 aromatic heterocycles. The van der Waals surface area contributed by atoms with Crippen LogP contribution in [-0.4, -0.2) is 17.0 Å². The molecule has 0 atom stereocenters. The molecule has 0 spiro atoms. The van der Waals surface area contributed by atoms with Crippen LogP contribution < -0.4 is 10.6 Å². The normalized spacial score (nSPS) is 10.8. The highest BCUT2D eigenvalue weighted by Gasteiger charge is 2.08. The molecule has 0 bridgehead atoms. The third-order valence-electron chi connectivity index (χ3n) is 2.81. The topological polar surface area (TPSA) is 55.0 Å². The Kier molecular flexibility index (Phi) is 2.79. The van der Waals surface area contributed by atoms with Crippen molar-refractivity contribution < 1.29 is 4.39 Å². The van der Waals surface area contributed by atoms with Gasteiger partial charge in [0.2, 0.25) is 0 Å². The van der Waals surface area contributed by atoms with Crippen LogP contribution in [0.25, 0.3) is 10.3 Å². The molecule has 1 aromatic carbocycles. The van der Waals surface area contributed by atoms with Gasteiger partial charge < -0.3 is 10.6 Å². The van der Waals surface area contributed by atoms with Gasteiger partial charge in [-0.25, -0.2) is 14.4 Å². The Morgan fingerprint density at radius 2 is 1.84 bits per heavy atom. The van der Waals surface area contributed by atoms with Crippen molar-refractivity contribution in [3.8, 4) is 0 Å². The SMILES string of the molecule is CN(c1ccc(F)cc1)c1ccc2nc(N)sc2n1. The van der Waals surface area contributed by atoms with Crippen LogP contribution in [0.5, 0.6) is 0 Å².